The summed E-state index contributed by atoms with van der Waals surface area (Å²) < 4.78 is 46.2. The van der Waals surface area contributed by atoms with Crippen LogP contribution in [0.5, 0.6) is 0 Å². The number of halogens is 3. The van der Waals surface area contributed by atoms with E-state index >= 15 is 0 Å². The number of Topliss-reactive ketones (excluding diaryl/α,β-unsaturated/α-hetero) is 1. The van der Waals surface area contributed by atoms with Crippen molar-refractivity contribution >= 4 is 29.3 Å². The summed E-state index contributed by atoms with van der Waals surface area (Å²) in [6.07, 6.45) is 0.507. The van der Waals surface area contributed by atoms with Crippen LogP contribution in [-0.2, 0) is 20.5 Å². The van der Waals surface area contributed by atoms with Gasteiger partial charge in [-0.15, -0.1) is 0 Å². The van der Waals surface area contributed by atoms with Crippen molar-refractivity contribution in [3.63, 3.8) is 0 Å². The molecule has 0 radical (unpaired) electrons. The predicted octanol–water partition coefficient (Wildman–Crippen LogP) is 4.48. The molecule has 0 unspecified atom stereocenters. The number of hydrogen-bond donors (Lipinski definition) is 2. The van der Waals surface area contributed by atoms with E-state index < -0.39 is 47.6 Å². The number of aromatic nitrogens is 2. The maximum atomic E-state index is 12.9. The molecular formula is C28H35F3N6O4. The fourth-order valence-corrected chi connectivity index (χ4v) is 4.52. The fraction of sp³-hybridized carbons (Fsp3) is 0.500. The summed E-state index contributed by atoms with van der Waals surface area (Å²) in [5.41, 5.74) is 0.151. The van der Waals surface area contributed by atoms with Crippen molar-refractivity contribution in [2.45, 2.75) is 58.4 Å². The quantitative estimate of drug-likeness (QED) is 0.424. The Labute approximate surface area is 236 Å². The van der Waals surface area contributed by atoms with Gasteiger partial charge in [0.1, 0.15) is 11.9 Å². The van der Waals surface area contributed by atoms with E-state index in [0.717, 1.165) is 37.1 Å². The molecule has 4 rings (SSSR count). The number of alkyl halides is 3. The van der Waals surface area contributed by atoms with Crippen LogP contribution in [0.2, 0.25) is 0 Å². The first-order valence-corrected chi connectivity index (χ1v) is 13.4. The number of ether oxygens (including phenoxy) is 1. The van der Waals surface area contributed by atoms with Crippen LogP contribution in [0, 0.1) is 5.41 Å². The molecule has 2 amide bonds. The minimum Gasteiger partial charge on any atom is -0.444 e. The Morgan fingerprint density at radius 3 is 2.37 bits per heavy atom. The molecule has 1 fully saturated rings. The lowest BCUT2D eigenvalue weighted by atomic mass is 9.88. The van der Waals surface area contributed by atoms with Crippen LogP contribution < -0.4 is 10.6 Å². The highest BCUT2D eigenvalue weighted by molar-refractivity contribution is 6.41. The van der Waals surface area contributed by atoms with Crippen LogP contribution in [0.4, 0.5) is 23.8 Å². The number of benzene rings is 1. The van der Waals surface area contributed by atoms with Gasteiger partial charge in [0.15, 0.2) is 0 Å². The SMILES string of the molecule is CN1CN(C[C@@H](OC(=O)NCC(=O)C(=O)Nc2ccnn2C2CCC2)C(C)(C)C)C=C1c1ccc(C(F)(F)F)cc1. The summed E-state index contributed by atoms with van der Waals surface area (Å²) in [4.78, 5) is 41.2. The highest BCUT2D eigenvalue weighted by Crippen LogP contribution is 2.34. The van der Waals surface area contributed by atoms with Crippen molar-refractivity contribution < 1.29 is 32.3 Å². The molecule has 1 saturated carbocycles. The Morgan fingerprint density at radius 1 is 1.10 bits per heavy atom. The van der Waals surface area contributed by atoms with Gasteiger partial charge in [-0.3, -0.25) is 9.59 Å². The number of carbonyl (C=O) groups excluding carboxylic acids is 3. The highest BCUT2D eigenvalue weighted by atomic mass is 19.4. The molecule has 0 spiro atoms. The van der Waals surface area contributed by atoms with Gasteiger partial charge in [0.25, 0.3) is 5.91 Å². The van der Waals surface area contributed by atoms with Gasteiger partial charge in [-0.2, -0.15) is 18.3 Å². The molecule has 10 nitrogen and oxygen atoms in total. The highest BCUT2D eigenvalue weighted by Gasteiger charge is 2.33. The predicted molar refractivity (Wildman–Crippen MR) is 145 cm³/mol. The molecule has 0 bridgehead atoms. The van der Waals surface area contributed by atoms with Crippen molar-refractivity contribution in [2.24, 2.45) is 5.41 Å². The van der Waals surface area contributed by atoms with Crippen molar-refractivity contribution in [1.29, 1.82) is 0 Å². The molecule has 1 aliphatic heterocycles. The number of anilines is 1. The van der Waals surface area contributed by atoms with Crippen LogP contribution >= 0.6 is 0 Å². The van der Waals surface area contributed by atoms with Crippen LogP contribution in [-0.4, -0.2) is 70.3 Å². The molecule has 2 N–H and O–H groups in total. The number of nitrogens with zero attached hydrogens (tertiary/aromatic N) is 4. The van der Waals surface area contributed by atoms with E-state index in [-0.39, 0.29) is 6.04 Å². The minimum atomic E-state index is -4.41. The summed E-state index contributed by atoms with van der Waals surface area (Å²) in [6, 6.07) is 6.76. The standard InChI is InChI=1S/C28H35F3N6O4/c1-27(2,3)23(16-36-15-21(35(4)17-36)18-8-10-19(11-9-18)28(29,30)31)41-26(40)32-14-22(38)25(39)34-24-12-13-33-37(24)20-6-5-7-20/h8-13,15,20,23H,5-7,14,16-17H2,1-4H3,(H,32,40)(H,34,39)/t23-/m1/s1. The lowest BCUT2D eigenvalue weighted by Crippen LogP contribution is -2.44. The zero-order valence-electron chi connectivity index (χ0n) is 23.5. The van der Waals surface area contributed by atoms with Gasteiger partial charge in [0.2, 0.25) is 5.78 Å². The van der Waals surface area contributed by atoms with Crippen LogP contribution in [0.3, 0.4) is 0 Å². The van der Waals surface area contributed by atoms with E-state index in [1.807, 2.05) is 43.8 Å². The monoisotopic (exact) mass is 576 g/mol. The van der Waals surface area contributed by atoms with Crippen LogP contribution in [0.25, 0.3) is 5.70 Å². The Morgan fingerprint density at radius 2 is 1.78 bits per heavy atom. The number of ketones is 1. The van der Waals surface area contributed by atoms with Gasteiger partial charge >= 0.3 is 12.3 Å². The smallest absolute Gasteiger partial charge is 0.416 e. The molecule has 1 aromatic carbocycles. The lowest BCUT2D eigenvalue weighted by Gasteiger charge is -2.33. The second-order valence-corrected chi connectivity index (χ2v) is 11.4. The second kappa shape index (κ2) is 11.8. The van der Waals surface area contributed by atoms with Gasteiger partial charge in [0.05, 0.1) is 43.3 Å². The van der Waals surface area contributed by atoms with Gasteiger partial charge in [0, 0.05) is 24.7 Å². The molecule has 2 heterocycles. The summed E-state index contributed by atoms with van der Waals surface area (Å²) in [7, 11) is 1.82. The Balaban J connectivity index is 1.31. The normalized spacial score (nSPS) is 16.6. The molecule has 1 aromatic heterocycles. The Hall–Kier alpha value is -4.03. The maximum Gasteiger partial charge on any atom is 0.416 e. The van der Waals surface area contributed by atoms with E-state index in [1.54, 1.807) is 16.9 Å². The van der Waals surface area contributed by atoms with Crippen molar-refractivity contribution in [3.05, 3.63) is 53.9 Å². The van der Waals surface area contributed by atoms with Gasteiger partial charge in [-0.05, 0) is 37.0 Å². The molecule has 2 aliphatic rings. The largest absolute Gasteiger partial charge is 0.444 e. The molecule has 0 saturated heterocycles. The zero-order chi connectivity index (χ0) is 29.9. The third kappa shape index (κ3) is 7.39. The van der Waals surface area contributed by atoms with Crippen LogP contribution in [0.1, 0.15) is 57.2 Å². The second-order valence-electron chi connectivity index (χ2n) is 11.4. The molecule has 2 aromatic rings. The summed E-state index contributed by atoms with van der Waals surface area (Å²) >= 11 is 0. The number of amides is 2. The Kier molecular flexibility index (Phi) is 8.64. The van der Waals surface area contributed by atoms with Crippen molar-refractivity contribution in [1.82, 2.24) is 24.9 Å². The third-order valence-electron chi connectivity index (χ3n) is 7.21. The first-order chi connectivity index (χ1) is 19.2. The first kappa shape index (κ1) is 29.9. The number of alkyl carbamates (subject to hydrolysis) is 1. The number of carbonyl (C=O) groups is 3. The van der Waals surface area contributed by atoms with E-state index in [4.69, 9.17) is 4.74 Å². The Bertz CT molecular complexity index is 1300. The van der Waals surface area contributed by atoms with E-state index in [1.165, 1.54) is 12.1 Å². The number of rotatable bonds is 9. The summed E-state index contributed by atoms with van der Waals surface area (Å²) in [6.45, 7) is 5.89. The first-order valence-electron chi connectivity index (χ1n) is 13.4. The molecule has 1 atom stereocenters. The number of nitrogens with one attached hydrogen (secondary N) is 2. The molecular weight excluding hydrogens is 541 g/mol. The van der Waals surface area contributed by atoms with Crippen molar-refractivity contribution in [2.75, 3.05) is 32.1 Å². The van der Waals surface area contributed by atoms with Crippen LogP contribution in [0.15, 0.2) is 42.7 Å². The molecule has 41 heavy (non-hydrogen) atoms. The average molecular weight is 577 g/mol. The third-order valence-corrected chi connectivity index (χ3v) is 7.21. The molecule has 222 valence electrons. The number of hydrogen-bond acceptors (Lipinski definition) is 7. The maximum absolute atomic E-state index is 12.9. The fourth-order valence-electron chi connectivity index (χ4n) is 4.52. The van der Waals surface area contributed by atoms with Gasteiger partial charge in [-0.25, -0.2) is 9.48 Å². The molecule has 1 aliphatic carbocycles. The van der Waals surface area contributed by atoms with Gasteiger partial charge < -0.3 is 25.2 Å². The minimum absolute atomic E-state index is 0.203. The van der Waals surface area contributed by atoms with Gasteiger partial charge in [-0.1, -0.05) is 32.9 Å². The average Bonchev–Trinajstić information content (AvgIpc) is 3.46. The van der Waals surface area contributed by atoms with E-state index in [2.05, 4.69) is 15.7 Å². The lowest BCUT2D eigenvalue weighted by molar-refractivity contribution is -0.137. The summed E-state index contributed by atoms with van der Waals surface area (Å²) in [5.74, 6) is -1.26. The molecule has 13 heteroatoms. The van der Waals surface area contributed by atoms with E-state index in [0.29, 0.717) is 24.6 Å². The van der Waals surface area contributed by atoms with E-state index in [9.17, 15) is 27.6 Å². The zero-order valence-corrected chi connectivity index (χ0v) is 23.5. The topological polar surface area (TPSA) is 109 Å². The van der Waals surface area contributed by atoms with Crippen molar-refractivity contribution in [3.8, 4) is 0 Å². The summed E-state index contributed by atoms with van der Waals surface area (Å²) in [5, 5.41) is 9.13.